The molecule has 0 heterocycles. The third-order valence-electron chi connectivity index (χ3n) is 3.87. The highest BCUT2D eigenvalue weighted by Gasteiger charge is 2.20. The van der Waals surface area contributed by atoms with E-state index in [0.29, 0.717) is 6.61 Å². The molecule has 134 valence electrons. The van der Waals surface area contributed by atoms with Crippen LogP contribution in [-0.2, 0) is 9.47 Å². The molecule has 0 aliphatic heterocycles. The first-order valence-corrected chi connectivity index (χ1v) is 9.07. The van der Waals surface area contributed by atoms with Gasteiger partial charge in [-0.1, -0.05) is 51.7 Å². The van der Waals surface area contributed by atoms with E-state index in [9.17, 15) is 9.59 Å². The van der Waals surface area contributed by atoms with Crippen molar-refractivity contribution in [3.05, 3.63) is 35.4 Å². The first-order chi connectivity index (χ1) is 11.6. The van der Waals surface area contributed by atoms with Gasteiger partial charge in [0, 0.05) is 0 Å². The number of hydrogen-bond donors (Lipinski definition) is 0. The van der Waals surface area contributed by atoms with Crippen molar-refractivity contribution in [2.24, 2.45) is 0 Å². The Bertz CT molecular complexity index is 510. The summed E-state index contributed by atoms with van der Waals surface area (Å²) in [6.45, 7) is 6.46. The summed E-state index contributed by atoms with van der Waals surface area (Å²) in [5.74, 6) is -0.923. The van der Waals surface area contributed by atoms with Crippen molar-refractivity contribution in [2.75, 3.05) is 6.61 Å². The van der Waals surface area contributed by atoms with Gasteiger partial charge in [0.25, 0.3) is 0 Å². The summed E-state index contributed by atoms with van der Waals surface area (Å²) in [5, 5.41) is 0. The Labute approximate surface area is 145 Å². The third kappa shape index (κ3) is 7.16. The summed E-state index contributed by atoms with van der Waals surface area (Å²) in [5.41, 5.74) is 0.552. The van der Waals surface area contributed by atoms with Crippen LogP contribution in [0.1, 0.15) is 86.4 Å². The molecule has 0 saturated carbocycles. The maximum absolute atomic E-state index is 12.4. The van der Waals surface area contributed by atoms with Gasteiger partial charge in [-0.05, 0) is 38.3 Å². The van der Waals surface area contributed by atoms with Crippen molar-refractivity contribution in [3.8, 4) is 0 Å². The van der Waals surface area contributed by atoms with E-state index in [2.05, 4.69) is 6.92 Å². The van der Waals surface area contributed by atoms with Gasteiger partial charge in [-0.2, -0.15) is 0 Å². The number of esters is 2. The second-order valence-corrected chi connectivity index (χ2v) is 6.10. The molecule has 0 saturated heterocycles. The van der Waals surface area contributed by atoms with Gasteiger partial charge in [-0.3, -0.25) is 0 Å². The molecule has 0 amide bonds. The predicted molar refractivity (Wildman–Crippen MR) is 95.3 cm³/mol. The smallest absolute Gasteiger partial charge is 0.339 e. The van der Waals surface area contributed by atoms with Crippen LogP contribution >= 0.6 is 0 Å². The maximum atomic E-state index is 12.4. The topological polar surface area (TPSA) is 52.6 Å². The third-order valence-corrected chi connectivity index (χ3v) is 3.87. The molecule has 0 fully saturated rings. The van der Waals surface area contributed by atoms with Gasteiger partial charge < -0.3 is 9.47 Å². The lowest BCUT2D eigenvalue weighted by Gasteiger charge is -2.14. The average Bonchev–Trinajstić information content (AvgIpc) is 2.59. The van der Waals surface area contributed by atoms with Crippen LogP contribution in [0.4, 0.5) is 0 Å². The fraction of sp³-hybridized carbons (Fsp3) is 0.600. The van der Waals surface area contributed by atoms with Crippen LogP contribution in [0.25, 0.3) is 0 Å². The molecule has 1 atom stereocenters. The molecule has 0 N–H and O–H groups in total. The summed E-state index contributed by atoms with van der Waals surface area (Å²) in [7, 11) is 0. The molecule has 4 heteroatoms. The highest BCUT2D eigenvalue weighted by molar-refractivity contribution is 6.03. The van der Waals surface area contributed by atoms with Gasteiger partial charge >= 0.3 is 11.9 Å². The fourth-order valence-corrected chi connectivity index (χ4v) is 2.39. The Kier molecular flexibility index (Phi) is 9.81. The molecule has 0 bridgehead atoms. The summed E-state index contributed by atoms with van der Waals surface area (Å²) in [4.78, 5) is 24.5. The second kappa shape index (κ2) is 11.7. The van der Waals surface area contributed by atoms with Crippen molar-refractivity contribution < 1.29 is 19.1 Å². The molecule has 0 aliphatic rings. The highest BCUT2D eigenvalue weighted by atomic mass is 16.5. The van der Waals surface area contributed by atoms with E-state index in [4.69, 9.17) is 9.47 Å². The monoisotopic (exact) mass is 334 g/mol. The average molecular weight is 334 g/mol. The zero-order valence-corrected chi connectivity index (χ0v) is 15.2. The van der Waals surface area contributed by atoms with Gasteiger partial charge in [0.2, 0.25) is 0 Å². The first-order valence-electron chi connectivity index (χ1n) is 9.07. The van der Waals surface area contributed by atoms with Crippen LogP contribution in [0, 0.1) is 0 Å². The molecule has 0 radical (unpaired) electrons. The van der Waals surface area contributed by atoms with E-state index in [1.165, 1.54) is 12.8 Å². The van der Waals surface area contributed by atoms with Gasteiger partial charge in [0.05, 0.1) is 23.8 Å². The fourth-order valence-electron chi connectivity index (χ4n) is 2.39. The Morgan fingerprint density at radius 3 is 2.17 bits per heavy atom. The van der Waals surface area contributed by atoms with Crippen LogP contribution in [-0.4, -0.2) is 24.6 Å². The van der Waals surface area contributed by atoms with E-state index in [-0.39, 0.29) is 17.2 Å². The minimum atomic E-state index is -0.466. The standard InChI is InChI=1S/C20H30O4/c1-4-6-8-9-12-16(3)24-20(22)18-14-11-10-13-17(18)19(21)23-15-7-5-2/h10-11,13-14,16H,4-9,12,15H2,1-3H3/t16-/m0/s1. The number of ether oxygens (including phenoxy) is 2. The van der Waals surface area contributed by atoms with E-state index in [0.717, 1.165) is 32.1 Å². The van der Waals surface area contributed by atoms with Crippen molar-refractivity contribution in [1.82, 2.24) is 0 Å². The summed E-state index contributed by atoms with van der Waals surface area (Å²) in [6.07, 6.45) is 7.03. The largest absolute Gasteiger partial charge is 0.462 e. The number of carbonyl (C=O) groups excluding carboxylic acids is 2. The summed E-state index contributed by atoms with van der Waals surface area (Å²) >= 11 is 0. The number of hydrogen-bond acceptors (Lipinski definition) is 4. The number of carbonyl (C=O) groups is 2. The Balaban J connectivity index is 2.61. The Morgan fingerprint density at radius 1 is 0.917 bits per heavy atom. The van der Waals surface area contributed by atoms with Crippen molar-refractivity contribution in [1.29, 1.82) is 0 Å². The second-order valence-electron chi connectivity index (χ2n) is 6.10. The highest BCUT2D eigenvalue weighted by Crippen LogP contribution is 2.15. The Hall–Kier alpha value is -1.84. The van der Waals surface area contributed by atoms with Gasteiger partial charge in [0.1, 0.15) is 0 Å². The van der Waals surface area contributed by atoms with E-state index in [1.807, 2.05) is 13.8 Å². The number of rotatable bonds is 11. The lowest BCUT2D eigenvalue weighted by atomic mass is 10.1. The van der Waals surface area contributed by atoms with E-state index >= 15 is 0 Å². The molecule has 4 nitrogen and oxygen atoms in total. The van der Waals surface area contributed by atoms with Crippen LogP contribution in [0.3, 0.4) is 0 Å². The Morgan fingerprint density at radius 2 is 1.54 bits per heavy atom. The van der Waals surface area contributed by atoms with Crippen LogP contribution in [0.15, 0.2) is 24.3 Å². The van der Waals surface area contributed by atoms with Gasteiger partial charge in [0.15, 0.2) is 0 Å². The van der Waals surface area contributed by atoms with Crippen LogP contribution < -0.4 is 0 Å². The van der Waals surface area contributed by atoms with Crippen LogP contribution in [0.5, 0.6) is 0 Å². The zero-order chi connectivity index (χ0) is 17.8. The first kappa shape index (κ1) is 20.2. The molecule has 1 rings (SSSR count). The summed E-state index contributed by atoms with van der Waals surface area (Å²) < 4.78 is 10.7. The molecular formula is C20H30O4. The minimum absolute atomic E-state index is 0.154. The maximum Gasteiger partial charge on any atom is 0.339 e. The molecule has 0 aliphatic carbocycles. The molecule has 0 aromatic heterocycles. The molecule has 0 spiro atoms. The lowest BCUT2D eigenvalue weighted by Crippen LogP contribution is -2.18. The molecule has 1 aromatic rings. The molecule has 24 heavy (non-hydrogen) atoms. The van der Waals surface area contributed by atoms with Crippen molar-refractivity contribution in [2.45, 2.75) is 71.8 Å². The van der Waals surface area contributed by atoms with Crippen LogP contribution in [0.2, 0.25) is 0 Å². The predicted octanol–water partition coefficient (Wildman–Crippen LogP) is 5.16. The van der Waals surface area contributed by atoms with Crippen molar-refractivity contribution in [3.63, 3.8) is 0 Å². The number of unbranched alkanes of at least 4 members (excludes halogenated alkanes) is 4. The van der Waals surface area contributed by atoms with Gasteiger partial charge in [-0.25, -0.2) is 9.59 Å². The van der Waals surface area contributed by atoms with Gasteiger partial charge in [-0.15, -0.1) is 0 Å². The molecule has 0 unspecified atom stereocenters. The zero-order valence-electron chi connectivity index (χ0n) is 15.2. The van der Waals surface area contributed by atoms with Crippen molar-refractivity contribution >= 4 is 11.9 Å². The van der Waals surface area contributed by atoms with E-state index in [1.54, 1.807) is 24.3 Å². The quantitative estimate of drug-likeness (QED) is 0.414. The summed E-state index contributed by atoms with van der Waals surface area (Å²) in [6, 6.07) is 6.67. The minimum Gasteiger partial charge on any atom is -0.462 e. The lowest BCUT2D eigenvalue weighted by molar-refractivity contribution is 0.0307. The normalized spacial score (nSPS) is 11.8. The number of benzene rings is 1. The SMILES string of the molecule is CCCCCC[C@H](C)OC(=O)c1ccccc1C(=O)OCCCC. The van der Waals surface area contributed by atoms with E-state index < -0.39 is 11.9 Å². The molecular weight excluding hydrogens is 304 g/mol. The molecule has 1 aromatic carbocycles.